The van der Waals surface area contributed by atoms with Crippen LogP contribution in [-0.2, 0) is 0 Å². The maximum atomic E-state index is 4.08. The molecule has 8 heavy (non-hydrogen) atoms. The van der Waals surface area contributed by atoms with Gasteiger partial charge in [-0.1, -0.05) is 20.8 Å². The summed E-state index contributed by atoms with van der Waals surface area (Å²) in [5, 5.41) is 0.778. The lowest BCUT2D eigenvalue weighted by atomic mass is 10.3. The van der Waals surface area contributed by atoms with Gasteiger partial charge in [-0.25, -0.2) is 0 Å². The Hall–Kier alpha value is 0.350. The minimum absolute atomic E-state index is 0.778. The molecule has 0 saturated heterocycles. The molecule has 0 aromatic carbocycles. The van der Waals surface area contributed by atoms with E-state index in [4.69, 9.17) is 0 Å². The molecule has 0 amide bonds. The van der Waals surface area contributed by atoms with Crippen molar-refractivity contribution in [3.63, 3.8) is 0 Å². The molecule has 1 saturated carbocycles. The van der Waals surface area contributed by atoms with Crippen molar-refractivity contribution in [3.05, 3.63) is 0 Å². The lowest BCUT2D eigenvalue weighted by molar-refractivity contribution is 0.737. The predicted molar refractivity (Wildman–Crippen MR) is 42.5 cm³/mol. The summed E-state index contributed by atoms with van der Waals surface area (Å²) in [6.45, 7) is 6.50. The van der Waals surface area contributed by atoms with Crippen LogP contribution in [-0.4, -0.2) is 5.25 Å². The zero-order chi connectivity index (χ0) is 6.57. The summed E-state index contributed by atoms with van der Waals surface area (Å²) in [7, 11) is 0. The first-order chi connectivity index (χ1) is 3.63. The average molecular weight is 132 g/mol. The Balaban J connectivity index is 0.000000122. The molecule has 1 fully saturated rings. The third kappa shape index (κ3) is 16.2. The molecule has 0 aromatic heterocycles. The third-order valence-corrected chi connectivity index (χ3v) is 1.06. The molecule has 0 radical (unpaired) electrons. The van der Waals surface area contributed by atoms with E-state index in [0.717, 1.165) is 11.2 Å². The molecule has 0 spiro atoms. The van der Waals surface area contributed by atoms with Gasteiger partial charge in [-0.15, -0.1) is 0 Å². The fourth-order valence-electron chi connectivity index (χ4n) is 0.0745. The lowest BCUT2D eigenvalue weighted by Gasteiger charge is -1.79. The van der Waals surface area contributed by atoms with E-state index in [0.29, 0.717) is 0 Å². The summed E-state index contributed by atoms with van der Waals surface area (Å²) in [5.41, 5.74) is 0. The van der Waals surface area contributed by atoms with E-state index in [1.807, 2.05) is 0 Å². The van der Waals surface area contributed by atoms with E-state index < -0.39 is 0 Å². The van der Waals surface area contributed by atoms with Crippen LogP contribution >= 0.6 is 12.6 Å². The molecule has 1 heteroatoms. The van der Waals surface area contributed by atoms with Gasteiger partial charge in [0.05, 0.1) is 0 Å². The fraction of sp³-hybridized carbons (Fsp3) is 1.00. The molecule has 1 rings (SSSR count). The van der Waals surface area contributed by atoms with Crippen molar-refractivity contribution in [1.82, 2.24) is 0 Å². The van der Waals surface area contributed by atoms with Crippen molar-refractivity contribution in [2.75, 3.05) is 0 Å². The smallest absolute Gasteiger partial charge is 0.00176 e. The van der Waals surface area contributed by atoms with Gasteiger partial charge in [-0.05, 0) is 18.8 Å². The quantitative estimate of drug-likeness (QED) is 0.481. The summed E-state index contributed by atoms with van der Waals surface area (Å²) in [6.07, 6.45) is 2.70. The Morgan fingerprint density at radius 1 is 1.25 bits per heavy atom. The van der Waals surface area contributed by atoms with Gasteiger partial charge < -0.3 is 0 Å². The van der Waals surface area contributed by atoms with Crippen LogP contribution in [0.15, 0.2) is 0 Å². The van der Waals surface area contributed by atoms with Crippen molar-refractivity contribution in [1.29, 1.82) is 0 Å². The average Bonchev–Trinajstić information content (AvgIpc) is 2.19. The molecule has 0 atom stereocenters. The maximum absolute atomic E-state index is 4.08. The van der Waals surface area contributed by atoms with Crippen LogP contribution in [0.25, 0.3) is 0 Å². The Morgan fingerprint density at radius 3 is 1.38 bits per heavy atom. The van der Waals surface area contributed by atoms with E-state index in [2.05, 4.69) is 33.4 Å². The third-order valence-electron chi connectivity index (χ3n) is 0.547. The Bertz CT molecular complexity index is 43.6. The second kappa shape index (κ2) is 4.25. The monoisotopic (exact) mass is 132 g/mol. The Morgan fingerprint density at radius 2 is 1.38 bits per heavy atom. The number of hydrogen-bond donors (Lipinski definition) is 1. The molecular weight excluding hydrogens is 116 g/mol. The first-order valence-electron chi connectivity index (χ1n) is 3.31. The maximum Gasteiger partial charge on any atom is 0.00176 e. The summed E-state index contributed by atoms with van der Waals surface area (Å²) in [6, 6.07) is 0. The molecule has 0 nitrogen and oxygen atoms in total. The summed E-state index contributed by atoms with van der Waals surface area (Å²) in [5.74, 6) is 0.833. The van der Waals surface area contributed by atoms with Crippen molar-refractivity contribution in [2.45, 2.75) is 38.9 Å². The summed E-state index contributed by atoms with van der Waals surface area (Å²) >= 11 is 4.08. The van der Waals surface area contributed by atoms with E-state index in [-0.39, 0.29) is 0 Å². The summed E-state index contributed by atoms with van der Waals surface area (Å²) in [4.78, 5) is 0. The van der Waals surface area contributed by atoms with Gasteiger partial charge in [0.15, 0.2) is 0 Å². The van der Waals surface area contributed by atoms with E-state index >= 15 is 0 Å². The standard InChI is InChI=1S/C4H10.C3H6S/c1-4(2)3;4-3-1-2-3/h4H,1-3H3;3-4H,1-2H2. The van der Waals surface area contributed by atoms with Gasteiger partial charge >= 0.3 is 0 Å². The molecule has 1 aliphatic carbocycles. The first-order valence-corrected chi connectivity index (χ1v) is 3.82. The molecular formula is C7H16S. The van der Waals surface area contributed by atoms with Gasteiger partial charge in [0.25, 0.3) is 0 Å². The number of hydrogen-bond acceptors (Lipinski definition) is 1. The van der Waals surface area contributed by atoms with Crippen LogP contribution < -0.4 is 0 Å². The van der Waals surface area contributed by atoms with Crippen LogP contribution in [0.3, 0.4) is 0 Å². The van der Waals surface area contributed by atoms with E-state index in [1.165, 1.54) is 12.8 Å². The minimum atomic E-state index is 0.778. The second-order valence-corrected chi connectivity index (χ2v) is 3.69. The van der Waals surface area contributed by atoms with Crippen LogP contribution in [0.1, 0.15) is 33.6 Å². The van der Waals surface area contributed by atoms with Gasteiger partial charge in [0, 0.05) is 5.25 Å². The topological polar surface area (TPSA) is 0 Å². The van der Waals surface area contributed by atoms with Crippen LogP contribution in [0.5, 0.6) is 0 Å². The Kier molecular flexibility index (Phi) is 4.44. The van der Waals surface area contributed by atoms with Gasteiger partial charge in [0.1, 0.15) is 0 Å². The molecule has 0 aliphatic heterocycles. The van der Waals surface area contributed by atoms with Crippen molar-refractivity contribution in [3.8, 4) is 0 Å². The highest BCUT2D eigenvalue weighted by molar-refractivity contribution is 7.81. The van der Waals surface area contributed by atoms with Crippen molar-refractivity contribution < 1.29 is 0 Å². The fourth-order valence-corrected chi connectivity index (χ4v) is 0.224. The van der Waals surface area contributed by atoms with Gasteiger partial charge in [-0.2, -0.15) is 12.6 Å². The zero-order valence-corrected chi connectivity index (χ0v) is 6.91. The van der Waals surface area contributed by atoms with Crippen LogP contribution in [0.2, 0.25) is 0 Å². The molecule has 0 aromatic rings. The molecule has 0 N–H and O–H groups in total. The molecule has 0 unspecified atom stereocenters. The normalized spacial score (nSPS) is 17.6. The summed E-state index contributed by atoms with van der Waals surface area (Å²) < 4.78 is 0. The van der Waals surface area contributed by atoms with Crippen molar-refractivity contribution >= 4 is 12.6 Å². The highest BCUT2D eigenvalue weighted by Gasteiger charge is 2.14. The highest BCUT2D eigenvalue weighted by Crippen LogP contribution is 2.24. The Labute approximate surface area is 58.1 Å². The highest BCUT2D eigenvalue weighted by atomic mass is 32.1. The molecule has 50 valence electrons. The molecule has 0 bridgehead atoms. The number of thiol groups is 1. The van der Waals surface area contributed by atoms with Crippen LogP contribution in [0, 0.1) is 5.92 Å². The first kappa shape index (κ1) is 8.35. The van der Waals surface area contributed by atoms with E-state index in [1.54, 1.807) is 0 Å². The largest absolute Gasteiger partial charge is 0.176 e. The zero-order valence-electron chi connectivity index (χ0n) is 6.02. The molecule has 1 aliphatic rings. The van der Waals surface area contributed by atoms with Crippen molar-refractivity contribution in [2.24, 2.45) is 5.92 Å². The van der Waals surface area contributed by atoms with Gasteiger partial charge in [-0.3, -0.25) is 0 Å². The lowest BCUT2D eigenvalue weighted by Crippen LogP contribution is -1.66. The minimum Gasteiger partial charge on any atom is -0.176 e. The van der Waals surface area contributed by atoms with E-state index in [9.17, 15) is 0 Å². The molecule has 0 heterocycles. The number of rotatable bonds is 0. The van der Waals surface area contributed by atoms with Crippen LogP contribution in [0.4, 0.5) is 0 Å². The van der Waals surface area contributed by atoms with Gasteiger partial charge in [0.2, 0.25) is 0 Å². The SMILES string of the molecule is CC(C)C.SC1CC1. The predicted octanol–water partition coefficient (Wildman–Crippen LogP) is 2.74. The second-order valence-electron chi connectivity index (χ2n) is 2.96.